The summed E-state index contributed by atoms with van der Waals surface area (Å²) >= 11 is 0. The zero-order valence-corrected chi connectivity index (χ0v) is 41.2. The van der Waals surface area contributed by atoms with E-state index in [1.54, 1.807) is 0 Å². The Kier molecular flexibility index (Phi) is 41.8. The number of carbonyl (C=O) groups excluding carboxylic acids is 1. The summed E-state index contributed by atoms with van der Waals surface area (Å²) in [6, 6.07) is -0.790. The van der Waals surface area contributed by atoms with Gasteiger partial charge in [0.15, 0.2) is 0 Å². The first-order chi connectivity index (χ1) is 30.0. The molecular formula is C53H94N2O6P+. The lowest BCUT2D eigenvalue weighted by Gasteiger charge is -2.26. The Morgan fingerprint density at radius 2 is 0.968 bits per heavy atom. The number of quaternary nitrogens is 1. The van der Waals surface area contributed by atoms with Gasteiger partial charge in [0.05, 0.1) is 39.9 Å². The van der Waals surface area contributed by atoms with E-state index >= 15 is 0 Å². The minimum absolute atomic E-state index is 0.0604. The molecule has 0 saturated carbocycles. The van der Waals surface area contributed by atoms with Gasteiger partial charge in [-0.2, -0.15) is 0 Å². The number of unbranched alkanes of at least 4 members (excludes halogenated alkanes) is 14. The van der Waals surface area contributed by atoms with Crippen LogP contribution in [0.25, 0.3) is 0 Å². The maximum Gasteiger partial charge on any atom is 0.472 e. The van der Waals surface area contributed by atoms with E-state index in [4.69, 9.17) is 9.05 Å². The molecule has 0 aromatic rings. The molecule has 0 fully saturated rings. The van der Waals surface area contributed by atoms with E-state index in [0.717, 1.165) is 83.5 Å². The number of phosphoric ester groups is 1. The zero-order valence-electron chi connectivity index (χ0n) is 40.3. The first-order valence-electron chi connectivity index (χ1n) is 24.6. The van der Waals surface area contributed by atoms with E-state index < -0.39 is 20.0 Å². The largest absolute Gasteiger partial charge is 0.472 e. The average Bonchev–Trinajstić information content (AvgIpc) is 3.23. The van der Waals surface area contributed by atoms with Gasteiger partial charge in [-0.3, -0.25) is 13.8 Å². The van der Waals surface area contributed by atoms with Crippen LogP contribution in [0.4, 0.5) is 0 Å². The van der Waals surface area contributed by atoms with E-state index in [0.29, 0.717) is 30.3 Å². The van der Waals surface area contributed by atoms with Gasteiger partial charge in [-0.25, -0.2) is 4.57 Å². The number of likely N-dealkylation sites (N-methyl/N-ethyl adjacent to an activating group) is 1. The first kappa shape index (κ1) is 59.4. The van der Waals surface area contributed by atoms with E-state index in [2.05, 4.69) is 116 Å². The molecule has 0 rings (SSSR count). The van der Waals surface area contributed by atoms with Crippen molar-refractivity contribution in [3.8, 4) is 0 Å². The molecule has 0 spiro atoms. The van der Waals surface area contributed by atoms with E-state index in [1.165, 1.54) is 64.2 Å². The number of carbonyl (C=O) groups is 1. The van der Waals surface area contributed by atoms with Crippen LogP contribution in [0.15, 0.2) is 97.2 Å². The number of hydrogen-bond donors (Lipinski definition) is 3. The van der Waals surface area contributed by atoms with Crippen LogP contribution in [-0.4, -0.2) is 73.4 Å². The zero-order chi connectivity index (χ0) is 45.7. The number of aliphatic hydroxyl groups is 1. The van der Waals surface area contributed by atoms with Gasteiger partial charge >= 0.3 is 7.82 Å². The Morgan fingerprint density at radius 3 is 1.39 bits per heavy atom. The second kappa shape index (κ2) is 43.7. The van der Waals surface area contributed by atoms with Gasteiger partial charge in [0.1, 0.15) is 13.2 Å². The smallest absolute Gasteiger partial charge is 0.391 e. The maximum atomic E-state index is 12.9. The average molecular weight is 886 g/mol. The quantitative estimate of drug-likeness (QED) is 0.0244. The van der Waals surface area contributed by atoms with Gasteiger partial charge in [0.2, 0.25) is 5.91 Å². The number of aliphatic hydroxyl groups excluding tert-OH is 1. The second-order valence-corrected chi connectivity index (χ2v) is 18.9. The number of rotatable bonds is 43. The summed E-state index contributed by atoms with van der Waals surface area (Å²) in [4.78, 5) is 23.2. The standard InChI is InChI=1S/C53H93N2O6P/c1-6-8-10-12-14-16-18-20-21-22-23-24-25-26-27-28-29-30-31-32-33-35-37-39-41-43-45-47-53(57)54-51(50-61-62(58,59)60-49-48-55(3,4)5)52(56)46-44-42-40-38-36-34-19-17-15-13-11-9-7-2/h8,10,14,16,20-21,23-24,26-27,29-30,32-33,37,39,51-52,56H,6-7,9,11-13,15,17-19,22,25,28,31,34-36,38,40-50H2,1-5H3,(H-,54,57,58,59)/p+1/b10-8-,16-14-,21-20-,24-23-,27-26-,30-29-,33-32-,39-37-. The van der Waals surface area contributed by atoms with Crippen LogP contribution in [0, 0.1) is 0 Å². The number of hydrogen-bond acceptors (Lipinski definition) is 5. The van der Waals surface area contributed by atoms with Crippen molar-refractivity contribution in [2.45, 2.75) is 193 Å². The predicted molar refractivity (Wildman–Crippen MR) is 267 cm³/mol. The van der Waals surface area contributed by atoms with Crippen molar-refractivity contribution in [3.63, 3.8) is 0 Å². The fraction of sp³-hybridized carbons (Fsp3) is 0.679. The normalized spacial score (nSPS) is 15.0. The van der Waals surface area contributed by atoms with Crippen molar-refractivity contribution in [1.82, 2.24) is 5.32 Å². The van der Waals surface area contributed by atoms with Crippen LogP contribution in [0.1, 0.15) is 181 Å². The van der Waals surface area contributed by atoms with Crippen molar-refractivity contribution in [3.05, 3.63) is 97.2 Å². The monoisotopic (exact) mass is 886 g/mol. The molecule has 3 N–H and O–H groups in total. The number of phosphoric acid groups is 1. The van der Waals surface area contributed by atoms with Crippen molar-refractivity contribution in [1.29, 1.82) is 0 Å². The van der Waals surface area contributed by atoms with Gasteiger partial charge < -0.3 is 19.8 Å². The summed E-state index contributed by atoms with van der Waals surface area (Å²) in [6.07, 6.45) is 61.6. The number of allylic oxidation sites excluding steroid dienone is 16. The molecule has 0 heterocycles. The summed E-state index contributed by atoms with van der Waals surface area (Å²) in [5.74, 6) is -0.192. The van der Waals surface area contributed by atoms with Crippen LogP contribution < -0.4 is 5.32 Å². The highest BCUT2D eigenvalue weighted by Gasteiger charge is 2.28. The van der Waals surface area contributed by atoms with Crippen LogP contribution in [-0.2, 0) is 18.4 Å². The van der Waals surface area contributed by atoms with E-state index in [9.17, 15) is 19.4 Å². The van der Waals surface area contributed by atoms with Crippen molar-refractivity contribution in [2.24, 2.45) is 0 Å². The Labute approximate surface area is 381 Å². The molecule has 3 atom stereocenters. The minimum Gasteiger partial charge on any atom is -0.391 e. The molecule has 8 nitrogen and oxygen atoms in total. The van der Waals surface area contributed by atoms with Crippen LogP contribution >= 0.6 is 7.82 Å². The summed E-state index contributed by atoms with van der Waals surface area (Å²) in [5.41, 5.74) is 0. The molecule has 0 radical (unpaired) electrons. The topological polar surface area (TPSA) is 105 Å². The summed E-state index contributed by atoms with van der Waals surface area (Å²) in [6.45, 7) is 4.71. The summed E-state index contributed by atoms with van der Waals surface area (Å²) in [7, 11) is 1.57. The third kappa shape index (κ3) is 45.4. The molecule has 9 heteroatoms. The molecule has 62 heavy (non-hydrogen) atoms. The predicted octanol–water partition coefficient (Wildman–Crippen LogP) is 14.3. The molecule has 0 saturated heterocycles. The highest BCUT2D eigenvalue weighted by molar-refractivity contribution is 7.47. The molecule has 3 unspecified atom stereocenters. The lowest BCUT2D eigenvalue weighted by Crippen LogP contribution is -2.46. The van der Waals surface area contributed by atoms with Crippen molar-refractivity contribution < 1.29 is 32.9 Å². The van der Waals surface area contributed by atoms with Crippen molar-refractivity contribution >= 4 is 13.7 Å². The van der Waals surface area contributed by atoms with Gasteiger partial charge in [-0.1, -0.05) is 195 Å². The van der Waals surface area contributed by atoms with Gasteiger partial charge in [-0.15, -0.1) is 0 Å². The van der Waals surface area contributed by atoms with Gasteiger partial charge in [0, 0.05) is 6.42 Å². The molecule has 0 bridgehead atoms. The summed E-state index contributed by atoms with van der Waals surface area (Å²) in [5, 5.41) is 13.9. The fourth-order valence-electron chi connectivity index (χ4n) is 6.47. The number of nitrogens with one attached hydrogen (secondary N) is 1. The lowest BCUT2D eigenvalue weighted by molar-refractivity contribution is -0.870. The van der Waals surface area contributed by atoms with Crippen LogP contribution in [0.2, 0.25) is 0 Å². The lowest BCUT2D eigenvalue weighted by atomic mass is 10.0. The Balaban J connectivity index is 4.38. The fourth-order valence-corrected chi connectivity index (χ4v) is 7.21. The maximum absolute atomic E-state index is 12.9. The van der Waals surface area contributed by atoms with Crippen LogP contribution in [0.5, 0.6) is 0 Å². The van der Waals surface area contributed by atoms with E-state index in [1.807, 2.05) is 21.1 Å². The van der Waals surface area contributed by atoms with E-state index in [-0.39, 0.29) is 19.1 Å². The third-order valence-corrected chi connectivity index (χ3v) is 11.3. The molecule has 0 aromatic heterocycles. The highest BCUT2D eigenvalue weighted by Crippen LogP contribution is 2.43. The Bertz CT molecular complexity index is 1330. The molecule has 356 valence electrons. The highest BCUT2D eigenvalue weighted by atomic mass is 31.2. The minimum atomic E-state index is -4.33. The van der Waals surface area contributed by atoms with Gasteiger partial charge in [0.25, 0.3) is 0 Å². The summed E-state index contributed by atoms with van der Waals surface area (Å²) < 4.78 is 23.6. The number of amides is 1. The van der Waals surface area contributed by atoms with Gasteiger partial charge in [-0.05, 0) is 77.0 Å². The molecule has 0 aliphatic rings. The Hall–Kier alpha value is -2.58. The molecular weight excluding hydrogens is 792 g/mol. The SMILES string of the molecule is CC/C=C\C/C=C\C/C=C\C/C=C\C/C=C\C/C=C\C/C=C\C/C=C\CCCCC(=O)NC(COP(=O)(O)OCC[N+](C)(C)C)C(O)CCCCCCCCCCCCCCC. The molecule has 1 amide bonds. The second-order valence-electron chi connectivity index (χ2n) is 17.5. The third-order valence-electron chi connectivity index (χ3n) is 10.3. The molecule has 0 aliphatic carbocycles. The first-order valence-corrected chi connectivity index (χ1v) is 26.1. The Morgan fingerprint density at radius 1 is 0.565 bits per heavy atom. The number of nitrogens with zero attached hydrogens (tertiary/aromatic N) is 1. The molecule has 0 aromatic carbocycles. The van der Waals surface area contributed by atoms with Crippen molar-refractivity contribution in [2.75, 3.05) is 40.9 Å². The molecule has 0 aliphatic heterocycles. The van der Waals surface area contributed by atoms with Crippen LogP contribution in [0.3, 0.4) is 0 Å².